The van der Waals surface area contributed by atoms with Gasteiger partial charge in [0, 0.05) is 11.1 Å². The molecule has 0 fully saturated rings. The van der Waals surface area contributed by atoms with Gasteiger partial charge in [0.25, 0.3) is 5.91 Å². The minimum Gasteiger partial charge on any atom is -0.463 e. The van der Waals surface area contributed by atoms with Gasteiger partial charge in [-0.05, 0) is 49.2 Å². The second-order valence-electron chi connectivity index (χ2n) is 6.27. The van der Waals surface area contributed by atoms with Crippen molar-refractivity contribution in [3.05, 3.63) is 83.6 Å². The minimum atomic E-state index is -0.159. The third kappa shape index (κ3) is 2.86. The first-order valence-electron chi connectivity index (χ1n) is 8.45. The summed E-state index contributed by atoms with van der Waals surface area (Å²) < 4.78 is 5.47. The molecule has 0 bridgehead atoms. The average molecular weight is 342 g/mol. The van der Waals surface area contributed by atoms with Gasteiger partial charge >= 0.3 is 0 Å². The highest BCUT2D eigenvalue weighted by Crippen LogP contribution is 2.27. The van der Waals surface area contributed by atoms with E-state index < -0.39 is 0 Å². The van der Waals surface area contributed by atoms with Gasteiger partial charge in [0.05, 0.1) is 17.3 Å². The Hall–Kier alpha value is -3.40. The van der Waals surface area contributed by atoms with Gasteiger partial charge in [-0.15, -0.1) is 0 Å². The molecule has 4 aromatic rings. The number of nitrogens with zero attached hydrogens (tertiary/aromatic N) is 1. The van der Waals surface area contributed by atoms with E-state index in [2.05, 4.69) is 10.3 Å². The number of benzene rings is 2. The number of para-hydroxylation sites is 2. The highest BCUT2D eigenvalue weighted by atomic mass is 16.3. The van der Waals surface area contributed by atoms with E-state index in [-0.39, 0.29) is 5.91 Å². The molecule has 0 aliphatic heterocycles. The Kier molecular flexibility index (Phi) is 4.01. The molecule has 4 heteroatoms. The number of pyridine rings is 1. The molecule has 1 N–H and O–H groups in total. The highest BCUT2D eigenvalue weighted by Gasteiger charge is 2.16. The number of aryl methyl sites for hydroxylation is 2. The number of furan rings is 1. The SMILES string of the molecule is Cc1cccc(C)c1NC(=O)c1cc(-c2ccco2)nc2ccccc12. The van der Waals surface area contributed by atoms with Crippen molar-refractivity contribution in [2.24, 2.45) is 0 Å². The van der Waals surface area contributed by atoms with E-state index in [1.807, 2.05) is 68.4 Å². The number of rotatable bonds is 3. The van der Waals surface area contributed by atoms with E-state index in [4.69, 9.17) is 4.42 Å². The molecule has 1 amide bonds. The van der Waals surface area contributed by atoms with Crippen LogP contribution in [0.3, 0.4) is 0 Å². The van der Waals surface area contributed by atoms with E-state index >= 15 is 0 Å². The summed E-state index contributed by atoms with van der Waals surface area (Å²) in [5, 5.41) is 3.87. The number of aromatic nitrogens is 1. The summed E-state index contributed by atoms with van der Waals surface area (Å²) in [7, 11) is 0. The standard InChI is InChI=1S/C22H18N2O2/c1-14-7-5-8-15(2)21(14)24-22(25)17-13-19(20-11-6-12-26-20)23-18-10-4-3-9-16(17)18/h3-13H,1-2H3,(H,24,25). The van der Waals surface area contributed by atoms with Crippen LogP contribution in [0.5, 0.6) is 0 Å². The molecule has 4 rings (SSSR count). The molecule has 0 saturated carbocycles. The van der Waals surface area contributed by atoms with Gasteiger partial charge in [0.15, 0.2) is 5.76 Å². The molecule has 0 radical (unpaired) electrons. The number of carbonyl (C=O) groups is 1. The zero-order valence-electron chi connectivity index (χ0n) is 14.6. The van der Waals surface area contributed by atoms with Crippen molar-refractivity contribution in [2.75, 3.05) is 5.32 Å². The third-order valence-electron chi connectivity index (χ3n) is 4.45. The fraction of sp³-hybridized carbons (Fsp3) is 0.0909. The fourth-order valence-electron chi connectivity index (χ4n) is 3.11. The highest BCUT2D eigenvalue weighted by molar-refractivity contribution is 6.13. The van der Waals surface area contributed by atoms with Crippen molar-refractivity contribution >= 4 is 22.5 Å². The quantitative estimate of drug-likeness (QED) is 0.545. The number of hydrogen-bond acceptors (Lipinski definition) is 3. The molecule has 2 aromatic carbocycles. The Balaban J connectivity index is 1.83. The van der Waals surface area contributed by atoms with Crippen molar-refractivity contribution in [1.29, 1.82) is 0 Å². The zero-order valence-corrected chi connectivity index (χ0v) is 14.6. The lowest BCUT2D eigenvalue weighted by Gasteiger charge is -2.13. The summed E-state index contributed by atoms with van der Waals surface area (Å²) in [5.41, 5.74) is 4.88. The Labute approximate surface area is 151 Å². The summed E-state index contributed by atoms with van der Waals surface area (Å²) in [6.45, 7) is 3.98. The Morgan fingerprint density at radius 1 is 0.962 bits per heavy atom. The fourth-order valence-corrected chi connectivity index (χ4v) is 3.11. The van der Waals surface area contributed by atoms with Crippen LogP contribution in [0.1, 0.15) is 21.5 Å². The first kappa shape index (κ1) is 16.1. The van der Waals surface area contributed by atoms with Crippen molar-refractivity contribution in [3.8, 4) is 11.5 Å². The third-order valence-corrected chi connectivity index (χ3v) is 4.45. The molecule has 128 valence electrons. The molecule has 2 aromatic heterocycles. The molecular weight excluding hydrogens is 324 g/mol. The number of anilines is 1. The molecule has 26 heavy (non-hydrogen) atoms. The normalized spacial score (nSPS) is 10.8. The van der Waals surface area contributed by atoms with Gasteiger partial charge in [-0.1, -0.05) is 36.4 Å². The van der Waals surface area contributed by atoms with Crippen molar-refractivity contribution in [2.45, 2.75) is 13.8 Å². The lowest BCUT2D eigenvalue weighted by molar-refractivity contribution is 0.102. The van der Waals surface area contributed by atoms with Crippen LogP contribution in [-0.2, 0) is 0 Å². The van der Waals surface area contributed by atoms with Crippen LogP contribution in [0.15, 0.2) is 71.3 Å². The molecule has 0 unspecified atom stereocenters. The number of nitrogens with one attached hydrogen (secondary N) is 1. The largest absolute Gasteiger partial charge is 0.463 e. The summed E-state index contributed by atoms with van der Waals surface area (Å²) in [4.78, 5) is 17.7. The van der Waals surface area contributed by atoms with E-state index in [0.29, 0.717) is 17.0 Å². The van der Waals surface area contributed by atoms with E-state index in [9.17, 15) is 4.79 Å². The molecule has 0 atom stereocenters. The first-order chi connectivity index (χ1) is 12.6. The van der Waals surface area contributed by atoms with Crippen LogP contribution >= 0.6 is 0 Å². The molecule has 0 aliphatic rings. The number of fused-ring (bicyclic) bond motifs is 1. The maximum absolute atomic E-state index is 13.1. The van der Waals surface area contributed by atoms with E-state index in [0.717, 1.165) is 27.7 Å². The summed E-state index contributed by atoms with van der Waals surface area (Å²) in [6.07, 6.45) is 1.60. The molecule has 2 heterocycles. The molecular formula is C22H18N2O2. The maximum Gasteiger partial charge on any atom is 0.256 e. The van der Waals surface area contributed by atoms with Crippen LogP contribution in [0.2, 0.25) is 0 Å². The van der Waals surface area contributed by atoms with Gasteiger partial charge in [-0.3, -0.25) is 4.79 Å². The van der Waals surface area contributed by atoms with E-state index in [1.165, 1.54) is 0 Å². The summed E-state index contributed by atoms with van der Waals surface area (Å²) >= 11 is 0. The zero-order chi connectivity index (χ0) is 18.1. The number of hydrogen-bond donors (Lipinski definition) is 1. The number of carbonyl (C=O) groups excluding carboxylic acids is 1. The van der Waals surface area contributed by atoms with Gasteiger partial charge in [0.2, 0.25) is 0 Å². The lowest BCUT2D eigenvalue weighted by atomic mass is 10.0. The Morgan fingerprint density at radius 2 is 1.73 bits per heavy atom. The topological polar surface area (TPSA) is 55.1 Å². The average Bonchev–Trinajstić information content (AvgIpc) is 3.18. The van der Waals surface area contributed by atoms with Gasteiger partial charge in [-0.2, -0.15) is 0 Å². The smallest absolute Gasteiger partial charge is 0.256 e. The lowest BCUT2D eigenvalue weighted by Crippen LogP contribution is -2.14. The van der Waals surface area contributed by atoms with E-state index in [1.54, 1.807) is 12.3 Å². The first-order valence-corrected chi connectivity index (χ1v) is 8.45. The maximum atomic E-state index is 13.1. The minimum absolute atomic E-state index is 0.159. The van der Waals surface area contributed by atoms with Gasteiger partial charge < -0.3 is 9.73 Å². The molecule has 0 saturated heterocycles. The Morgan fingerprint density at radius 3 is 2.46 bits per heavy atom. The van der Waals surface area contributed by atoms with Crippen molar-refractivity contribution in [3.63, 3.8) is 0 Å². The molecule has 4 nitrogen and oxygen atoms in total. The van der Waals surface area contributed by atoms with Crippen LogP contribution in [0.25, 0.3) is 22.4 Å². The predicted octanol–water partition coefficient (Wildman–Crippen LogP) is 5.36. The Bertz CT molecular complexity index is 1080. The monoisotopic (exact) mass is 342 g/mol. The van der Waals surface area contributed by atoms with Crippen LogP contribution in [0.4, 0.5) is 5.69 Å². The summed E-state index contributed by atoms with van der Waals surface area (Å²) in [5.74, 6) is 0.477. The van der Waals surface area contributed by atoms with Crippen molar-refractivity contribution < 1.29 is 9.21 Å². The second kappa shape index (κ2) is 6.48. The van der Waals surface area contributed by atoms with Crippen LogP contribution in [-0.4, -0.2) is 10.9 Å². The molecule has 0 aliphatic carbocycles. The molecule has 0 spiro atoms. The van der Waals surface area contributed by atoms with Crippen molar-refractivity contribution in [1.82, 2.24) is 4.98 Å². The predicted molar refractivity (Wildman–Crippen MR) is 103 cm³/mol. The summed E-state index contributed by atoms with van der Waals surface area (Å²) in [6, 6.07) is 19.0. The van der Waals surface area contributed by atoms with Gasteiger partial charge in [-0.25, -0.2) is 4.98 Å². The van der Waals surface area contributed by atoms with Crippen LogP contribution < -0.4 is 5.32 Å². The van der Waals surface area contributed by atoms with Crippen LogP contribution in [0, 0.1) is 13.8 Å². The number of amides is 1. The van der Waals surface area contributed by atoms with Gasteiger partial charge in [0.1, 0.15) is 5.69 Å². The second-order valence-corrected chi connectivity index (χ2v) is 6.27.